The lowest BCUT2D eigenvalue weighted by Crippen LogP contribution is -2.45. The maximum atomic E-state index is 13.5. The SMILES string of the molecule is CCOC(=O)c1ccc(NC(=O)C[C@H]2C(=O)N(c3cccc(OC)c3)C(=O)N2C2CCCCC2)cc1. The number of hydrogen-bond donors (Lipinski definition) is 1. The maximum Gasteiger partial charge on any atom is 0.338 e. The lowest BCUT2D eigenvalue weighted by Gasteiger charge is -2.33. The van der Waals surface area contributed by atoms with Gasteiger partial charge in [0, 0.05) is 17.8 Å². The van der Waals surface area contributed by atoms with E-state index in [0.29, 0.717) is 22.7 Å². The fraction of sp³-hybridized carbons (Fsp3) is 0.407. The van der Waals surface area contributed by atoms with E-state index in [1.54, 1.807) is 60.4 Å². The second-order valence-electron chi connectivity index (χ2n) is 8.92. The van der Waals surface area contributed by atoms with E-state index in [2.05, 4.69) is 5.32 Å². The van der Waals surface area contributed by atoms with Crippen LogP contribution in [0.3, 0.4) is 0 Å². The smallest absolute Gasteiger partial charge is 0.338 e. The summed E-state index contributed by atoms with van der Waals surface area (Å²) in [4.78, 5) is 54.7. The fourth-order valence-electron chi connectivity index (χ4n) is 4.85. The summed E-state index contributed by atoms with van der Waals surface area (Å²) in [5.74, 6) is -0.721. The van der Waals surface area contributed by atoms with E-state index in [9.17, 15) is 19.2 Å². The van der Waals surface area contributed by atoms with Crippen LogP contribution in [0.1, 0.15) is 55.8 Å². The molecule has 1 saturated heterocycles. The molecule has 1 atom stereocenters. The van der Waals surface area contributed by atoms with Crippen molar-refractivity contribution >= 4 is 35.2 Å². The number of methoxy groups -OCH3 is 1. The molecule has 9 nitrogen and oxygen atoms in total. The third-order valence-electron chi connectivity index (χ3n) is 6.59. The van der Waals surface area contributed by atoms with Crippen LogP contribution in [-0.2, 0) is 14.3 Å². The van der Waals surface area contributed by atoms with Gasteiger partial charge in [0.1, 0.15) is 11.8 Å². The van der Waals surface area contributed by atoms with Crippen molar-refractivity contribution in [3.05, 3.63) is 54.1 Å². The Kier molecular flexibility index (Phi) is 7.87. The summed E-state index contributed by atoms with van der Waals surface area (Å²) in [6, 6.07) is 11.7. The second-order valence-corrected chi connectivity index (χ2v) is 8.92. The number of nitrogens with one attached hydrogen (secondary N) is 1. The molecule has 1 heterocycles. The molecule has 1 aliphatic carbocycles. The highest BCUT2D eigenvalue weighted by atomic mass is 16.5. The highest BCUT2D eigenvalue weighted by Crippen LogP contribution is 2.34. The van der Waals surface area contributed by atoms with Gasteiger partial charge in [-0.25, -0.2) is 14.5 Å². The van der Waals surface area contributed by atoms with Crippen LogP contribution in [0.4, 0.5) is 16.2 Å². The van der Waals surface area contributed by atoms with E-state index in [1.165, 1.54) is 7.11 Å². The minimum Gasteiger partial charge on any atom is -0.497 e. The summed E-state index contributed by atoms with van der Waals surface area (Å²) in [5, 5.41) is 2.78. The third-order valence-corrected chi connectivity index (χ3v) is 6.59. The molecule has 0 bridgehead atoms. The molecule has 190 valence electrons. The number of imide groups is 1. The summed E-state index contributed by atoms with van der Waals surface area (Å²) in [5.41, 5.74) is 1.28. The summed E-state index contributed by atoms with van der Waals surface area (Å²) < 4.78 is 10.2. The van der Waals surface area contributed by atoms with E-state index in [0.717, 1.165) is 37.0 Å². The van der Waals surface area contributed by atoms with Crippen molar-refractivity contribution in [3.8, 4) is 5.75 Å². The molecule has 0 unspecified atom stereocenters. The van der Waals surface area contributed by atoms with Crippen LogP contribution in [0, 0.1) is 0 Å². The Bertz CT molecular complexity index is 1130. The Labute approximate surface area is 210 Å². The Morgan fingerprint density at radius 3 is 2.42 bits per heavy atom. The van der Waals surface area contributed by atoms with E-state index >= 15 is 0 Å². The Morgan fingerprint density at radius 1 is 1.03 bits per heavy atom. The van der Waals surface area contributed by atoms with Gasteiger partial charge in [0.25, 0.3) is 5.91 Å². The van der Waals surface area contributed by atoms with Crippen LogP contribution >= 0.6 is 0 Å². The van der Waals surface area contributed by atoms with Crippen LogP contribution in [0.5, 0.6) is 5.75 Å². The Balaban J connectivity index is 1.53. The van der Waals surface area contributed by atoms with Crippen LogP contribution in [0.15, 0.2) is 48.5 Å². The van der Waals surface area contributed by atoms with Crippen LogP contribution < -0.4 is 15.0 Å². The normalized spacial score (nSPS) is 18.3. The van der Waals surface area contributed by atoms with Gasteiger partial charge in [0.2, 0.25) is 5.91 Å². The van der Waals surface area contributed by atoms with Crippen molar-refractivity contribution in [2.75, 3.05) is 23.9 Å². The topological polar surface area (TPSA) is 105 Å². The Morgan fingerprint density at radius 2 is 1.75 bits per heavy atom. The number of carbonyl (C=O) groups excluding carboxylic acids is 4. The number of urea groups is 1. The minimum absolute atomic E-state index is 0.0903. The Hall–Kier alpha value is -3.88. The summed E-state index contributed by atoms with van der Waals surface area (Å²) in [6.07, 6.45) is 4.50. The van der Waals surface area contributed by atoms with Crippen LogP contribution in [0.25, 0.3) is 0 Å². The molecule has 2 aromatic rings. The number of rotatable bonds is 8. The first kappa shape index (κ1) is 25.2. The van der Waals surface area contributed by atoms with Gasteiger partial charge in [-0.15, -0.1) is 0 Å². The lowest BCUT2D eigenvalue weighted by atomic mass is 9.93. The molecule has 0 aromatic heterocycles. The number of amides is 4. The number of anilines is 2. The molecule has 0 spiro atoms. The minimum atomic E-state index is -0.898. The average Bonchev–Trinajstić information content (AvgIpc) is 3.13. The highest BCUT2D eigenvalue weighted by molar-refractivity contribution is 6.22. The van der Waals surface area contributed by atoms with Crippen molar-refractivity contribution in [1.82, 2.24) is 4.90 Å². The van der Waals surface area contributed by atoms with Crippen molar-refractivity contribution in [2.45, 2.75) is 57.5 Å². The molecule has 0 radical (unpaired) electrons. The van der Waals surface area contributed by atoms with Gasteiger partial charge in [-0.05, 0) is 56.2 Å². The van der Waals surface area contributed by atoms with Crippen molar-refractivity contribution in [3.63, 3.8) is 0 Å². The van der Waals surface area contributed by atoms with E-state index in [1.807, 2.05) is 0 Å². The van der Waals surface area contributed by atoms with Crippen molar-refractivity contribution in [1.29, 1.82) is 0 Å². The van der Waals surface area contributed by atoms with Gasteiger partial charge in [0.05, 0.1) is 31.4 Å². The average molecular weight is 494 g/mol. The molecule has 1 aliphatic heterocycles. The first-order valence-electron chi connectivity index (χ1n) is 12.3. The highest BCUT2D eigenvalue weighted by Gasteiger charge is 2.49. The number of hydrogen-bond acceptors (Lipinski definition) is 6. The molecule has 9 heteroatoms. The fourth-order valence-corrected chi connectivity index (χ4v) is 4.85. The zero-order valence-corrected chi connectivity index (χ0v) is 20.6. The first-order chi connectivity index (χ1) is 17.4. The van der Waals surface area contributed by atoms with Gasteiger partial charge in [-0.3, -0.25) is 9.59 Å². The molecule has 2 aliphatic rings. The van der Waals surface area contributed by atoms with Gasteiger partial charge in [-0.2, -0.15) is 0 Å². The molecule has 1 saturated carbocycles. The van der Waals surface area contributed by atoms with Crippen LogP contribution in [-0.4, -0.2) is 54.5 Å². The first-order valence-corrected chi connectivity index (χ1v) is 12.3. The van der Waals surface area contributed by atoms with E-state index in [-0.39, 0.29) is 19.1 Å². The monoisotopic (exact) mass is 493 g/mol. The lowest BCUT2D eigenvalue weighted by molar-refractivity contribution is -0.125. The predicted octanol–water partition coefficient (Wildman–Crippen LogP) is 4.37. The second kappa shape index (κ2) is 11.2. The van der Waals surface area contributed by atoms with Crippen LogP contribution in [0.2, 0.25) is 0 Å². The number of ether oxygens (including phenoxy) is 2. The molecular formula is C27H31N3O6. The maximum absolute atomic E-state index is 13.5. The number of benzene rings is 2. The molecule has 1 N–H and O–H groups in total. The van der Waals surface area contributed by atoms with E-state index < -0.39 is 29.9 Å². The van der Waals surface area contributed by atoms with E-state index in [4.69, 9.17) is 9.47 Å². The molecule has 36 heavy (non-hydrogen) atoms. The zero-order valence-electron chi connectivity index (χ0n) is 20.6. The molecule has 2 fully saturated rings. The predicted molar refractivity (Wildman–Crippen MR) is 134 cm³/mol. The summed E-state index contributed by atoms with van der Waals surface area (Å²) >= 11 is 0. The quantitative estimate of drug-likeness (QED) is 0.432. The third kappa shape index (κ3) is 5.35. The van der Waals surface area contributed by atoms with Gasteiger partial charge < -0.3 is 19.7 Å². The standard InChI is InChI=1S/C27H31N3O6/c1-3-36-26(33)18-12-14-19(15-13-18)28-24(31)17-23-25(32)30(21-10-7-11-22(16-21)35-2)27(34)29(23)20-8-5-4-6-9-20/h7,10-16,20,23H,3-6,8-9,17H2,1-2H3,(H,28,31)/t23-/m0/s1. The van der Waals surface area contributed by atoms with Crippen molar-refractivity contribution < 1.29 is 28.7 Å². The number of esters is 1. The summed E-state index contributed by atoms with van der Waals surface area (Å²) in [7, 11) is 1.52. The number of carbonyl (C=O) groups is 4. The van der Waals surface area contributed by atoms with Crippen molar-refractivity contribution in [2.24, 2.45) is 0 Å². The summed E-state index contributed by atoms with van der Waals surface area (Å²) in [6.45, 7) is 2.00. The molecule has 2 aromatic carbocycles. The zero-order chi connectivity index (χ0) is 25.7. The molecular weight excluding hydrogens is 462 g/mol. The molecule has 4 amide bonds. The van der Waals surface area contributed by atoms with Gasteiger partial charge in [0.15, 0.2) is 0 Å². The number of nitrogens with zero attached hydrogens (tertiary/aromatic N) is 2. The van der Waals surface area contributed by atoms with Gasteiger partial charge >= 0.3 is 12.0 Å². The molecule has 4 rings (SSSR count). The van der Waals surface area contributed by atoms with Gasteiger partial charge in [-0.1, -0.05) is 25.3 Å². The largest absolute Gasteiger partial charge is 0.497 e.